The van der Waals surface area contributed by atoms with Gasteiger partial charge in [-0.2, -0.15) is 5.10 Å². The molecule has 0 aromatic heterocycles. The highest BCUT2D eigenvalue weighted by Gasteiger charge is 2.25. The van der Waals surface area contributed by atoms with E-state index in [1.807, 2.05) is 31.3 Å². The zero-order valence-corrected chi connectivity index (χ0v) is 15.6. The van der Waals surface area contributed by atoms with Crippen molar-refractivity contribution in [3.63, 3.8) is 0 Å². The maximum Gasteiger partial charge on any atom is 0.272 e. The maximum absolute atomic E-state index is 12.5. The Labute approximate surface area is 159 Å². The van der Waals surface area contributed by atoms with E-state index >= 15 is 0 Å². The van der Waals surface area contributed by atoms with E-state index in [2.05, 4.69) is 50.0 Å². The van der Waals surface area contributed by atoms with Crippen LogP contribution in [0.5, 0.6) is 0 Å². The highest BCUT2D eigenvalue weighted by molar-refractivity contribution is 6.47. The molecular weight excluding hydrogens is 338 g/mol. The van der Waals surface area contributed by atoms with E-state index in [4.69, 9.17) is 0 Å². The molecule has 0 radical (unpaired) electrons. The topological polar surface area (TPSA) is 69.1 Å². The van der Waals surface area contributed by atoms with Gasteiger partial charge in [-0.05, 0) is 44.2 Å². The molecule has 1 aromatic rings. The van der Waals surface area contributed by atoms with Crippen molar-refractivity contribution in [1.82, 2.24) is 5.32 Å². The van der Waals surface area contributed by atoms with E-state index in [9.17, 15) is 4.79 Å². The van der Waals surface area contributed by atoms with Crippen molar-refractivity contribution in [2.45, 2.75) is 25.3 Å². The Hall–Kier alpha value is -2.73. The number of nitrogens with zero attached hydrogens (tertiary/aromatic N) is 3. The molecule has 0 saturated carbocycles. The van der Waals surface area contributed by atoms with Gasteiger partial charge in [0.1, 0.15) is 5.71 Å². The summed E-state index contributed by atoms with van der Waals surface area (Å²) in [4.78, 5) is 14.9. The Bertz CT molecular complexity index is 821. The molecule has 1 amide bonds. The summed E-state index contributed by atoms with van der Waals surface area (Å²) in [6.45, 7) is 2.07. The molecule has 1 aliphatic carbocycles. The van der Waals surface area contributed by atoms with Crippen LogP contribution in [0.25, 0.3) is 0 Å². The highest BCUT2D eigenvalue weighted by atomic mass is 16.2. The van der Waals surface area contributed by atoms with Crippen LogP contribution >= 0.6 is 0 Å². The fourth-order valence-electron chi connectivity index (χ4n) is 3.71. The minimum absolute atomic E-state index is 0.173. The lowest BCUT2D eigenvalue weighted by atomic mass is 9.93. The number of carbonyl (C=O) groups is 1. The maximum atomic E-state index is 12.5. The number of hydrogen-bond donors (Lipinski definition) is 2. The summed E-state index contributed by atoms with van der Waals surface area (Å²) < 4.78 is 0. The SMILES string of the molecule is CNC1CCN(c2ccc(NC(=O)C3=NN=C(C4C=CC=CC4)C3)cc2)C1. The van der Waals surface area contributed by atoms with Crippen LogP contribution in [0.3, 0.4) is 0 Å². The molecule has 2 aliphatic heterocycles. The van der Waals surface area contributed by atoms with Crippen molar-refractivity contribution in [2.75, 3.05) is 30.4 Å². The van der Waals surface area contributed by atoms with Crippen LogP contribution in [0.1, 0.15) is 19.3 Å². The van der Waals surface area contributed by atoms with Gasteiger partial charge in [0, 0.05) is 42.8 Å². The third-order valence-electron chi connectivity index (χ3n) is 5.41. The van der Waals surface area contributed by atoms with Crippen molar-refractivity contribution >= 4 is 28.7 Å². The molecule has 1 fully saturated rings. The Balaban J connectivity index is 1.31. The number of anilines is 2. The second-order valence-corrected chi connectivity index (χ2v) is 7.19. The molecule has 2 N–H and O–H groups in total. The van der Waals surface area contributed by atoms with Crippen molar-refractivity contribution in [2.24, 2.45) is 16.1 Å². The average Bonchev–Trinajstić information content (AvgIpc) is 3.39. The molecule has 0 spiro atoms. The van der Waals surface area contributed by atoms with E-state index in [-0.39, 0.29) is 11.8 Å². The van der Waals surface area contributed by atoms with Crippen LogP contribution in [-0.4, -0.2) is 43.5 Å². The van der Waals surface area contributed by atoms with Gasteiger partial charge >= 0.3 is 0 Å². The molecule has 1 saturated heterocycles. The second kappa shape index (κ2) is 7.88. The first-order valence-electron chi connectivity index (χ1n) is 9.53. The van der Waals surface area contributed by atoms with Crippen LogP contribution in [0.15, 0.2) is 58.8 Å². The summed E-state index contributed by atoms with van der Waals surface area (Å²) in [5.41, 5.74) is 3.41. The Morgan fingerprint density at radius 1 is 1.19 bits per heavy atom. The molecule has 27 heavy (non-hydrogen) atoms. The molecule has 2 unspecified atom stereocenters. The predicted octanol–water partition coefficient (Wildman–Crippen LogP) is 2.76. The number of benzene rings is 1. The Kier molecular flexibility index (Phi) is 5.16. The predicted molar refractivity (Wildman–Crippen MR) is 111 cm³/mol. The molecule has 4 rings (SSSR count). The number of hydrogen-bond acceptors (Lipinski definition) is 5. The van der Waals surface area contributed by atoms with E-state index < -0.39 is 0 Å². The highest BCUT2D eigenvalue weighted by Crippen LogP contribution is 2.23. The lowest BCUT2D eigenvalue weighted by molar-refractivity contribution is -0.110. The third kappa shape index (κ3) is 4.01. The molecule has 0 bridgehead atoms. The van der Waals surface area contributed by atoms with Gasteiger partial charge in [-0.15, -0.1) is 5.10 Å². The van der Waals surface area contributed by atoms with Crippen molar-refractivity contribution < 1.29 is 4.79 Å². The first-order valence-corrected chi connectivity index (χ1v) is 9.53. The van der Waals surface area contributed by atoms with Crippen LogP contribution in [0.4, 0.5) is 11.4 Å². The fraction of sp³-hybridized carbons (Fsp3) is 0.381. The summed E-state index contributed by atoms with van der Waals surface area (Å²) in [6, 6.07) is 8.57. The summed E-state index contributed by atoms with van der Waals surface area (Å²) in [7, 11) is 2.01. The van der Waals surface area contributed by atoms with Gasteiger partial charge in [0.15, 0.2) is 0 Å². The number of allylic oxidation sites excluding steroid dienone is 4. The smallest absolute Gasteiger partial charge is 0.272 e. The third-order valence-corrected chi connectivity index (χ3v) is 5.41. The molecular formula is C21H25N5O. The summed E-state index contributed by atoms with van der Waals surface area (Å²) >= 11 is 0. The molecule has 6 heteroatoms. The van der Waals surface area contributed by atoms with Gasteiger partial charge in [-0.3, -0.25) is 4.79 Å². The number of carbonyl (C=O) groups excluding carboxylic acids is 1. The van der Waals surface area contributed by atoms with E-state index in [1.165, 1.54) is 5.69 Å². The molecule has 1 aromatic carbocycles. The minimum atomic E-state index is -0.173. The van der Waals surface area contributed by atoms with Crippen molar-refractivity contribution in [1.29, 1.82) is 0 Å². The van der Waals surface area contributed by atoms with Gasteiger partial charge in [0.2, 0.25) is 0 Å². The first-order chi connectivity index (χ1) is 13.2. The molecule has 3 aliphatic rings. The first kappa shape index (κ1) is 17.7. The zero-order valence-electron chi connectivity index (χ0n) is 15.6. The number of amides is 1. The van der Waals surface area contributed by atoms with E-state index in [0.717, 1.165) is 37.3 Å². The fourth-order valence-corrected chi connectivity index (χ4v) is 3.71. The Morgan fingerprint density at radius 2 is 2.04 bits per heavy atom. The van der Waals surface area contributed by atoms with Gasteiger partial charge in [0.25, 0.3) is 5.91 Å². The Morgan fingerprint density at radius 3 is 2.74 bits per heavy atom. The van der Waals surface area contributed by atoms with Crippen LogP contribution < -0.4 is 15.5 Å². The van der Waals surface area contributed by atoms with Crippen LogP contribution in [0, 0.1) is 5.92 Å². The number of likely N-dealkylation sites (N-methyl/N-ethyl adjacent to an activating group) is 1. The van der Waals surface area contributed by atoms with Gasteiger partial charge in [0.05, 0.1) is 5.71 Å². The van der Waals surface area contributed by atoms with Crippen molar-refractivity contribution in [3.05, 3.63) is 48.6 Å². The van der Waals surface area contributed by atoms with Gasteiger partial charge in [-0.1, -0.05) is 24.3 Å². The minimum Gasteiger partial charge on any atom is -0.370 e. The molecule has 6 nitrogen and oxygen atoms in total. The van der Waals surface area contributed by atoms with Crippen LogP contribution in [-0.2, 0) is 4.79 Å². The lowest BCUT2D eigenvalue weighted by Crippen LogP contribution is -2.29. The summed E-state index contributed by atoms with van der Waals surface area (Å²) in [5.74, 6) is 0.0819. The monoisotopic (exact) mass is 363 g/mol. The number of nitrogens with one attached hydrogen (secondary N) is 2. The van der Waals surface area contributed by atoms with Gasteiger partial charge in [-0.25, -0.2) is 0 Å². The molecule has 2 atom stereocenters. The van der Waals surface area contributed by atoms with E-state index in [0.29, 0.717) is 18.2 Å². The van der Waals surface area contributed by atoms with Crippen molar-refractivity contribution in [3.8, 4) is 0 Å². The second-order valence-electron chi connectivity index (χ2n) is 7.19. The quantitative estimate of drug-likeness (QED) is 0.845. The lowest BCUT2D eigenvalue weighted by Gasteiger charge is -2.19. The normalized spacial score (nSPS) is 24.1. The summed E-state index contributed by atoms with van der Waals surface area (Å²) in [6.07, 6.45) is 10.9. The zero-order chi connectivity index (χ0) is 18.6. The molecule has 140 valence electrons. The van der Waals surface area contributed by atoms with E-state index in [1.54, 1.807) is 0 Å². The van der Waals surface area contributed by atoms with Crippen LogP contribution in [0.2, 0.25) is 0 Å². The largest absolute Gasteiger partial charge is 0.370 e. The number of rotatable bonds is 5. The van der Waals surface area contributed by atoms with Gasteiger partial charge < -0.3 is 15.5 Å². The average molecular weight is 363 g/mol. The summed E-state index contributed by atoms with van der Waals surface area (Å²) in [5, 5.41) is 14.6. The standard InChI is InChI=1S/C21H25N5O/c1-22-17-11-12-26(14-17)18-9-7-16(8-10-18)23-21(27)20-13-19(24-25-20)15-5-3-2-4-6-15/h2-5,7-10,15,17,22H,6,11-14H2,1H3,(H,23,27). The molecule has 2 heterocycles.